The molecule has 0 aliphatic carbocycles. The summed E-state index contributed by atoms with van der Waals surface area (Å²) in [5.74, 6) is 0. The first-order valence-corrected chi connectivity index (χ1v) is 6.90. The molecule has 16 heavy (non-hydrogen) atoms. The number of hydrogen-bond donors (Lipinski definition) is 1. The molecule has 2 rings (SSSR count). The molecule has 2 N–H and O–H groups in total. The first kappa shape index (κ1) is 11.4. The molecule has 0 spiro atoms. The van der Waals surface area contributed by atoms with Gasteiger partial charge in [-0.2, -0.15) is 0 Å². The second-order valence-corrected chi connectivity index (χ2v) is 6.65. The average Bonchev–Trinajstić information content (AvgIpc) is 2.66. The minimum absolute atomic E-state index is 0.132. The van der Waals surface area contributed by atoms with Crippen molar-refractivity contribution in [2.24, 2.45) is 0 Å². The summed E-state index contributed by atoms with van der Waals surface area (Å²) in [6.45, 7) is 0. The van der Waals surface area contributed by atoms with Gasteiger partial charge in [0.25, 0.3) is 0 Å². The van der Waals surface area contributed by atoms with Gasteiger partial charge in [-0.1, -0.05) is 22.9 Å². The Hall–Kier alpha value is -1.11. The third-order valence-corrected chi connectivity index (χ3v) is 5.20. The molecule has 2 aromatic rings. The number of nitrogen functional groups attached to an aromatic ring is 1. The van der Waals surface area contributed by atoms with Gasteiger partial charge in [-0.15, -0.1) is 0 Å². The van der Waals surface area contributed by atoms with E-state index in [1.807, 2.05) is 0 Å². The van der Waals surface area contributed by atoms with Crippen LogP contribution in [0.2, 0.25) is 5.02 Å². The Bertz CT molecular complexity index is 605. The van der Waals surface area contributed by atoms with Gasteiger partial charge in [0.15, 0.2) is 5.13 Å². The maximum Gasteiger partial charge on any atom is 0.217 e. The van der Waals surface area contributed by atoms with E-state index < -0.39 is 9.84 Å². The molecular weight excluding hydrogens is 268 g/mol. The molecule has 4 nitrogen and oxygen atoms in total. The highest BCUT2D eigenvalue weighted by molar-refractivity contribution is 7.93. The van der Waals surface area contributed by atoms with Gasteiger partial charge in [0.05, 0.1) is 11.1 Å². The highest BCUT2D eigenvalue weighted by Crippen LogP contribution is 2.27. The summed E-state index contributed by atoms with van der Waals surface area (Å²) < 4.78 is 24.2. The van der Waals surface area contributed by atoms with Crippen LogP contribution in [-0.4, -0.2) is 13.4 Å². The summed E-state index contributed by atoms with van der Waals surface area (Å²) in [6, 6.07) is 5.96. The number of nitrogens with two attached hydrogens (primary N) is 1. The van der Waals surface area contributed by atoms with Crippen LogP contribution in [0.1, 0.15) is 0 Å². The van der Waals surface area contributed by atoms with Crippen LogP contribution in [0.5, 0.6) is 0 Å². The fraction of sp³-hybridized carbons (Fsp3) is 0. The minimum Gasteiger partial charge on any atom is -0.375 e. The molecule has 0 aliphatic heterocycles. The molecule has 0 atom stereocenters. The number of nitrogens with zero attached hydrogens (tertiary/aromatic N) is 1. The lowest BCUT2D eigenvalue weighted by molar-refractivity contribution is 0.598. The van der Waals surface area contributed by atoms with E-state index in [1.54, 1.807) is 0 Å². The Kier molecular flexibility index (Phi) is 2.88. The molecule has 84 valence electrons. The molecule has 0 aliphatic rings. The summed E-state index contributed by atoms with van der Waals surface area (Å²) in [5, 5.41) is 0.718. The average molecular weight is 275 g/mol. The van der Waals surface area contributed by atoms with E-state index in [4.69, 9.17) is 17.3 Å². The molecular formula is C9H7ClN2O2S2. The van der Waals surface area contributed by atoms with Crippen molar-refractivity contribution in [3.8, 4) is 0 Å². The lowest BCUT2D eigenvalue weighted by atomic mass is 10.4. The Morgan fingerprint density at radius 2 is 1.88 bits per heavy atom. The van der Waals surface area contributed by atoms with Gasteiger partial charge in [-0.25, -0.2) is 13.4 Å². The van der Waals surface area contributed by atoms with Crippen molar-refractivity contribution in [2.45, 2.75) is 9.10 Å². The summed E-state index contributed by atoms with van der Waals surface area (Å²) in [4.78, 5) is 3.90. The van der Waals surface area contributed by atoms with Crippen molar-refractivity contribution < 1.29 is 8.42 Å². The minimum atomic E-state index is -3.52. The topological polar surface area (TPSA) is 73.0 Å². The fourth-order valence-electron chi connectivity index (χ4n) is 1.13. The highest BCUT2D eigenvalue weighted by Gasteiger charge is 2.20. The van der Waals surface area contributed by atoms with Crippen LogP contribution in [0.3, 0.4) is 0 Å². The molecule has 0 unspecified atom stereocenters. The zero-order chi connectivity index (χ0) is 11.8. The number of sulfone groups is 1. The van der Waals surface area contributed by atoms with E-state index in [0.29, 0.717) is 5.02 Å². The van der Waals surface area contributed by atoms with Gasteiger partial charge in [0, 0.05) is 5.02 Å². The van der Waals surface area contributed by atoms with Crippen LogP contribution in [-0.2, 0) is 9.84 Å². The first-order chi connectivity index (χ1) is 7.50. The van der Waals surface area contributed by atoms with Crippen molar-refractivity contribution in [3.05, 3.63) is 35.5 Å². The number of rotatable bonds is 2. The van der Waals surface area contributed by atoms with Gasteiger partial charge >= 0.3 is 0 Å². The monoisotopic (exact) mass is 274 g/mol. The van der Waals surface area contributed by atoms with E-state index in [9.17, 15) is 8.42 Å². The normalized spacial score (nSPS) is 11.6. The largest absolute Gasteiger partial charge is 0.375 e. The van der Waals surface area contributed by atoms with Gasteiger partial charge in [0.1, 0.15) is 4.21 Å². The summed E-state index contributed by atoms with van der Waals surface area (Å²) in [6.07, 6.45) is 1.25. The number of hydrogen-bond acceptors (Lipinski definition) is 5. The molecule has 0 saturated carbocycles. The zero-order valence-corrected chi connectivity index (χ0v) is 10.3. The summed E-state index contributed by atoms with van der Waals surface area (Å²) in [7, 11) is -3.52. The number of aromatic nitrogens is 1. The third-order valence-electron chi connectivity index (χ3n) is 1.89. The SMILES string of the molecule is Nc1ncc(S(=O)(=O)c2ccc(Cl)cc2)s1. The predicted octanol–water partition coefficient (Wildman–Crippen LogP) is 2.21. The van der Waals surface area contributed by atoms with Crippen LogP contribution in [0.25, 0.3) is 0 Å². The van der Waals surface area contributed by atoms with E-state index in [2.05, 4.69) is 4.98 Å². The first-order valence-electron chi connectivity index (χ1n) is 4.22. The van der Waals surface area contributed by atoms with Gasteiger partial charge in [0.2, 0.25) is 9.84 Å². The molecule has 0 amide bonds. The van der Waals surface area contributed by atoms with Crippen LogP contribution in [0.4, 0.5) is 5.13 Å². The van der Waals surface area contributed by atoms with Crippen molar-refractivity contribution in [1.82, 2.24) is 4.98 Å². The molecule has 0 saturated heterocycles. The lowest BCUT2D eigenvalue weighted by Gasteiger charge is -2.00. The van der Waals surface area contributed by atoms with Crippen LogP contribution >= 0.6 is 22.9 Å². The summed E-state index contributed by atoms with van der Waals surface area (Å²) >= 11 is 6.63. The second kappa shape index (κ2) is 4.04. The van der Waals surface area contributed by atoms with E-state index in [-0.39, 0.29) is 14.2 Å². The lowest BCUT2D eigenvalue weighted by Crippen LogP contribution is -1.98. The van der Waals surface area contributed by atoms with Gasteiger partial charge in [-0.3, -0.25) is 0 Å². The van der Waals surface area contributed by atoms with Crippen molar-refractivity contribution in [1.29, 1.82) is 0 Å². The van der Waals surface area contributed by atoms with Crippen molar-refractivity contribution in [2.75, 3.05) is 5.73 Å². The Morgan fingerprint density at radius 1 is 1.25 bits per heavy atom. The molecule has 1 aromatic carbocycles. The van der Waals surface area contributed by atoms with E-state index >= 15 is 0 Å². The third kappa shape index (κ3) is 2.04. The van der Waals surface area contributed by atoms with Crippen molar-refractivity contribution >= 4 is 37.9 Å². The second-order valence-electron chi connectivity index (χ2n) is 2.97. The number of benzene rings is 1. The maximum absolute atomic E-state index is 12.0. The van der Waals surface area contributed by atoms with Gasteiger partial charge < -0.3 is 5.73 Å². The molecule has 1 heterocycles. The highest BCUT2D eigenvalue weighted by atomic mass is 35.5. The van der Waals surface area contributed by atoms with Gasteiger partial charge in [-0.05, 0) is 24.3 Å². The molecule has 0 fully saturated rings. The smallest absolute Gasteiger partial charge is 0.217 e. The fourth-order valence-corrected chi connectivity index (χ4v) is 3.57. The number of anilines is 1. The summed E-state index contributed by atoms with van der Waals surface area (Å²) in [5.41, 5.74) is 5.40. The molecule has 0 radical (unpaired) electrons. The Morgan fingerprint density at radius 3 is 2.38 bits per heavy atom. The maximum atomic E-state index is 12.0. The van der Waals surface area contributed by atoms with E-state index in [0.717, 1.165) is 11.3 Å². The van der Waals surface area contributed by atoms with Crippen LogP contribution < -0.4 is 5.73 Å². The Labute approximate surface area is 102 Å². The zero-order valence-electron chi connectivity index (χ0n) is 7.92. The Balaban J connectivity index is 2.51. The van der Waals surface area contributed by atoms with Crippen molar-refractivity contribution in [3.63, 3.8) is 0 Å². The standard InChI is InChI=1S/C9H7ClN2O2S2/c10-6-1-3-7(4-2-6)16(13,14)8-5-12-9(11)15-8/h1-5H,(H2,11,12). The van der Waals surface area contributed by atoms with E-state index in [1.165, 1.54) is 30.5 Å². The number of thiazole rings is 1. The molecule has 0 bridgehead atoms. The quantitative estimate of drug-likeness (QED) is 0.911. The molecule has 1 aromatic heterocycles. The molecule has 7 heteroatoms. The predicted molar refractivity (Wildman–Crippen MR) is 63.4 cm³/mol. The number of halogens is 1. The van der Waals surface area contributed by atoms with Crippen LogP contribution in [0.15, 0.2) is 39.6 Å². The van der Waals surface area contributed by atoms with Crippen LogP contribution in [0, 0.1) is 0 Å².